The molecule has 0 aromatic carbocycles. The highest BCUT2D eigenvalue weighted by Gasteiger charge is 2.36. The van der Waals surface area contributed by atoms with Gasteiger partial charge in [0.25, 0.3) is 0 Å². The van der Waals surface area contributed by atoms with Gasteiger partial charge in [0, 0.05) is 24.9 Å². The number of morpholine rings is 1. The molecule has 0 unspecified atom stereocenters. The number of hydrogen-bond donors (Lipinski definition) is 1. The maximum atomic E-state index is 12.1. The van der Waals surface area contributed by atoms with Gasteiger partial charge in [-0.3, -0.25) is 9.20 Å². The fraction of sp³-hybridized carbons (Fsp3) is 0.500. The Morgan fingerprint density at radius 1 is 1.41 bits per heavy atom. The normalized spacial score (nSPS) is 25.5. The van der Waals surface area contributed by atoms with Crippen molar-refractivity contribution in [3.63, 3.8) is 0 Å². The molecule has 2 fully saturated rings. The lowest BCUT2D eigenvalue weighted by Crippen LogP contribution is -2.53. The van der Waals surface area contributed by atoms with Crippen molar-refractivity contribution in [2.24, 2.45) is 0 Å². The second-order valence-corrected chi connectivity index (χ2v) is 6.53. The number of nitrogens with two attached hydrogens (primary N) is 1. The first-order valence-electron chi connectivity index (χ1n) is 7.30. The van der Waals surface area contributed by atoms with E-state index in [1.807, 2.05) is 15.5 Å². The summed E-state index contributed by atoms with van der Waals surface area (Å²) in [6, 6.07) is 0.207. The van der Waals surface area contributed by atoms with Gasteiger partial charge in [-0.2, -0.15) is 0 Å². The minimum absolute atomic E-state index is 0.0713. The van der Waals surface area contributed by atoms with E-state index in [0.29, 0.717) is 23.6 Å². The van der Waals surface area contributed by atoms with E-state index in [1.54, 1.807) is 6.20 Å². The summed E-state index contributed by atoms with van der Waals surface area (Å²) in [5, 5.41) is 0. The summed E-state index contributed by atoms with van der Waals surface area (Å²) < 4.78 is 8.01. The predicted molar refractivity (Wildman–Crippen MR) is 83.4 cm³/mol. The third kappa shape index (κ3) is 2.09. The van der Waals surface area contributed by atoms with Crippen LogP contribution in [0.2, 0.25) is 0 Å². The zero-order valence-electron chi connectivity index (χ0n) is 11.9. The Kier molecular flexibility index (Phi) is 3.30. The Bertz CT molecular complexity index is 746. The number of nitrogens with zero attached hydrogens (tertiary/aromatic N) is 4. The third-order valence-electron chi connectivity index (χ3n) is 4.50. The summed E-state index contributed by atoms with van der Waals surface area (Å²) in [6.45, 7) is 1.51. The number of amides is 1. The molecular formula is C14H16BrN5O2. The molecule has 0 aliphatic carbocycles. The summed E-state index contributed by atoms with van der Waals surface area (Å²) >= 11 is 3.46. The van der Waals surface area contributed by atoms with Gasteiger partial charge in [0.1, 0.15) is 22.6 Å². The van der Waals surface area contributed by atoms with Crippen LogP contribution in [0.15, 0.2) is 17.0 Å². The second-order valence-electron chi connectivity index (χ2n) is 5.78. The second kappa shape index (κ2) is 5.20. The Morgan fingerprint density at radius 3 is 3.14 bits per heavy atom. The Hall–Kier alpha value is -1.67. The van der Waals surface area contributed by atoms with E-state index >= 15 is 0 Å². The number of hydrogen-bond acceptors (Lipinski definition) is 5. The number of ether oxygens (including phenoxy) is 1. The minimum Gasteiger partial charge on any atom is -0.382 e. The quantitative estimate of drug-likeness (QED) is 0.819. The van der Waals surface area contributed by atoms with Crippen molar-refractivity contribution in [1.82, 2.24) is 19.3 Å². The van der Waals surface area contributed by atoms with Crippen LogP contribution in [-0.2, 0) is 9.53 Å². The van der Waals surface area contributed by atoms with Crippen molar-refractivity contribution in [2.75, 3.05) is 25.5 Å². The zero-order chi connectivity index (χ0) is 15.3. The number of carbonyl (C=O) groups is 1. The SMILES string of the molecule is Nc1nccn2c([C@H]3CC[C@@H]4COCC(=O)N4C3)nc(Br)c12. The molecule has 0 radical (unpaired) electrons. The number of piperidine rings is 1. The summed E-state index contributed by atoms with van der Waals surface area (Å²) in [5.74, 6) is 1.64. The van der Waals surface area contributed by atoms with E-state index in [9.17, 15) is 4.79 Å². The third-order valence-corrected chi connectivity index (χ3v) is 5.05. The van der Waals surface area contributed by atoms with Crippen molar-refractivity contribution < 1.29 is 9.53 Å². The summed E-state index contributed by atoms with van der Waals surface area (Å²) in [7, 11) is 0. The number of halogens is 1. The van der Waals surface area contributed by atoms with Gasteiger partial charge in [-0.1, -0.05) is 0 Å². The summed E-state index contributed by atoms with van der Waals surface area (Å²) in [5.41, 5.74) is 6.73. The molecule has 116 valence electrons. The maximum absolute atomic E-state index is 12.1. The highest BCUT2D eigenvalue weighted by molar-refractivity contribution is 9.10. The first-order chi connectivity index (χ1) is 10.6. The number of anilines is 1. The van der Waals surface area contributed by atoms with Crippen LogP contribution in [0.25, 0.3) is 5.52 Å². The summed E-state index contributed by atoms with van der Waals surface area (Å²) in [6.07, 6.45) is 5.45. The largest absolute Gasteiger partial charge is 0.382 e. The summed E-state index contributed by atoms with van der Waals surface area (Å²) in [4.78, 5) is 22.7. The number of aromatic nitrogens is 3. The van der Waals surface area contributed by atoms with E-state index < -0.39 is 0 Å². The predicted octanol–water partition coefficient (Wildman–Crippen LogP) is 1.18. The molecule has 2 aliphatic rings. The van der Waals surface area contributed by atoms with E-state index in [0.717, 1.165) is 24.2 Å². The van der Waals surface area contributed by atoms with Crippen LogP contribution < -0.4 is 5.73 Å². The average Bonchev–Trinajstić information content (AvgIpc) is 2.86. The van der Waals surface area contributed by atoms with Gasteiger partial charge in [-0.15, -0.1) is 0 Å². The zero-order valence-corrected chi connectivity index (χ0v) is 13.5. The van der Waals surface area contributed by atoms with Crippen molar-refractivity contribution >= 4 is 33.2 Å². The van der Waals surface area contributed by atoms with Crippen LogP contribution in [0, 0.1) is 0 Å². The molecule has 2 N–H and O–H groups in total. The number of carbonyl (C=O) groups excluding carboxylic acids is 1. The molecule has 1 amide bonds. The molecule has 2 aliphatic heterocycles. The molecule has 0 saturated carbocycles. The standard InChI is InChI=1S/C14H16BrN5O2/c15-12-11-13(16)17-3-4-19(11)14(18-12)8-1-2-9-6-22-7-10(21)20(9)5-8/h3-4,8-9H,1-2,5-7H2,(H2,16,17)/t8-,9+/m0/s1. The fourth-order valence-electron chi connectivity index (χ4n) is 3.41. The number of imidazole rings is 1. The first-order valence-corrected chi connectivity index (χ1v) is 8.09. The van der Waals surface area contributed by atoms with Crippen LogP contribution >= 0.6 is 15.9 Å². The Morgan fingerprint density at radius 2 is 2.27 bits per heavy atom. The molecular weight excluding hydrogens is 350 g/mol. The van der Waals surface area contributed by atoms with E-state index in [1.165, 1.54) is 0 Å². The number of nitrogen functional groups attached to an aromatic ring is 1. The molecule has 2 atom stereocenters. The van der Waals surface area contributed by atoms with Crippen molar-refractivity contribution in [1.29, 1.82) is 0 Å². The number of fused-ring (bicyclic) bond motifs is 2. The topological polar surface area (TPSA) is 85.8 Å². The molecule has 7 nitrogen and oxygen atoms in total. The van der Waals surface area contributed by atoms with Crippen molar-refractivity contribution in [2.45, 2.75) is 24.8 Å². The van der Waals surface area contributed by atoms with Gasteiger partial charge < -0.3 is 15.4 Å². The molecule has 2 aromatic rings. The van der Waals surface area contributed by atoms with Gasteiger partial charge in [-0.05, 0) is 28.8 Å². The van der Waals surface area contributed by atoms with Crippen molar-refractivity contribution in [3.8, 4) is 0 Å². The van der Waals surface area contributed by atoms with Crippen LogP contribution in [0.3, 0.4) is 0 Å². The lowest BCUT2D eigenvalue weighted by molar-refractivity contribution is -0.150. The molecule has 22 heavy (non-hydrogen) atoms. The first kappa shape index (κ1) is 14.0. The maximum Gasteiger partial charge on any atom is 0.248 e. The molecule has 0 spiro atoms. The van der Waals surface area contributed by atoms with E-state index in [2.05, 4.69) is 25.9 Å². The van der Waals surface area contributed by atoms with E-state index in [-0.39, 0.29) is 24.5 Å². The van der Waals surface area contributed by atoms with Crippen molar-refractivity contribution in [3.05, 3.63) is 22.8 Å². The fourth-order valence-corrected chi connectivity index (χ4v) is 3.99. The smallest absolute Gasteiger partial charge is 0.248 e. The van der Waals surface area contributed by atoms with E-state index in [4.69, 9.17) is 10.5 Å². The van der Waals surface area contributed by atoms with Crippen LogP contribution in [-0.4, -0.2) is 51.0 Å². The lowest BCUT2D eigenvalue weighted by Gasteiger charge is -2.41. The Labute approximate surface area is 135 Å². The van der Waals surface area contributed by atoms with Gasteiger partial charge in [0.05, 0.1) is 12.6 Å². The van der Waals surface area contributed by atoms with Gasteiger partial charge in [0.15, 0.2) is 5.82 Å². The van der Waals surface area contributed by atoms with Crippen LogP contribution in [0.4, 0.5) is 5.82 Å². The molecule has 2 aromatic heterocycles. The van der Waals surface area contributed by atoms with Crippen LogP contribution in [0.5, 0.6) is 0 Å². The van der Waals surface area contributed by atoms with Crippen LogP contribution in [0.1, 0.15) is 24.6 Å². The lowest BCUT2D eigenvalue weighted by atomic mass is 9.91. The highest BCUT2D eigenvalue weighted by atomic mass is 79.9. The van der Waals surface area contributed by atoms with Gasteiger partial charge in [-0.25, -0.2) is 9.97 Å². The van der Waals surface area contributed by atoms with Gasteiger partial charge in [0.2, 0.25) is 5.91 Å². The van der Waals surface area contributed by atoms with Gasteiger partial charge >= 0.3 is 0 Å². The molecule has 4 rings (SSSR count). The monoisotopic (exact) mass is 365 g/mol. The Balaban J connectivity index is 1.71. The molecule has 0 bridgehead atoms. The molecule has 8 heteroatoms. The molecule has 4 heterocycles. The minimum atomic E-state index is 0.0713. The number of rotatable bonds is 1. The molecule has 2 saturated heterocycles. The average molecular weight is 366 g/mol. The highest BCUT2D eigenvalue weighted by Crippen LogP contribution is 2.34.